The average Bonchev–Trinajstić information content (AvgIpc) is 2.45. The van der Waals surface area contributed by atoms with E-state index in [0.29, 0.717) is 26.1 Å². The SMILES string of the molecule is CCN1C(=O)CCN1CC(C)(C)C(=O)O. The van der Waals surface area contributed by atoms with Crippen molar-refractivity contribution in [1.29, 1.82) is 0 Å². The van der Waals surface area contributed by atoms with Crippen LogP contribution in [0.15, 0.2) is 0 Å². The summed E-state index contributed by atoms with van der Waals surface area (Å²) in [6.07, 6.45) is 0.490. The minimum atomic E-state index is -0.835. The van der Waals surface area contributed by atoms with Gasteiger partial charge in [-0.25, -0.2) is 5.01 Å². The first-order valence-corrected chi connectivity index (χ1v) is 5.17. The fourth-order valence-corrected chi connectivity index (χ4v) is 1.70. The molecule has 0 aliphatic carbocycles. The number of hydrazine groups is 1. The third-order valence-electron chi connectivity index (χ3n) is 2.67. The Morgan fingerprint density at radius 3 is 2.60 bits per heavy atom. The van der Waals surface area contributed by atoms with Crippen LogP contribution in [-0.2, 0) is 9.59 Å². The number of hydrogen-bond donors (Lipinski definition) is 1. The zero-order chi connectivity index (χ0) is 11.6. The van der Waals surface area contributed by atoms with E-state index in [-0.39, 0.29) is 5.91 Å². The van der Waals surface area contributed by atoms with Crippen molar-refractivity contribution in [1.82, 2.24) is 10.0 Å². The fraction of sp³-hybridized carbons (Fsp3) is 0.800. The molecule has 15 heavy (non-hydrogen) atoms. The molecule has 86 valence electrons. The predicted molar refractivity (Wildman–Crippen MR) is 55.0 cm³/mol. The minimum absolute atomic E-state index is 0.0821. The van der Waals surface area contributed by atoms with Crippen LogP contribution in [0.3, 0.4) is 0 Å². The second-order valence-corrected chi connectivity index (χ2v) is 4.44. The first-order chi connectivity index (χ1) is 6.88. The van der Waals surface area contributed by atoms with Gasteiger partial charge in [-0.3, -0.25) is 14.6 Å². The van der Waals surface area contributed by atoms with Gasteiger partial charge in [0, 0.05) is 26.1 Å². The molecule has 5 heteroatoms. The smallest absolute Gasteiger partial charge is 0.310 e. The van der Waals surface area contributed by atoms with Crippen LogP contribution < -0.4 is 0 Å². The zero-order valence-corrected chi connectivity index (χ0v) is 9.49. The molecule has 1 amide bonds. The number of carbonyl (C=O) groups excluding carboxylic acids is 1. The van der Waals surface area contributed by atoms with Gasteiger partial charge >= 0.3 is 5.97 Å². The molecular formula is C10H18N2O3. The van der Waals surface area contributed by atoms with Crippen molar-refractivity contribution in [2.75, 3.05) is 19.6 Å². The van der Waals surface area contributed by atoms with Crippen molar-refractivity contribution < 1.29 is 14.7 Å². The Kier molecular flexibility index (Phi) is 3.34. The molecule has 0 saturated carbocycles. The number of hydrogen-bond acceptors (Lipinski definition) is 3. The minimum Gasteiger partial charge on any atom is -0.481 e. The molecule has 1 rings (SSSR count). The van der Waals surface area contributed by atoms with E-state index in [9.17, 15) is 9.59 Å². The summed E-state index contributed by atoms with van der Waals surface area (Å²) in [5.41, 5.74) is -0.821. The second kappa shape index (κ2) is 4.18. The molecule has 0 unspecified atom stereocenters. The van der Waals surface area contributed by atoms with Crippen molar-refractivity contribution in [2.24, 2.45) is 5.41 Å². The van der Waals surface area contributed by atoms with Crippen LogP contribution in [0.5, 0.6) is 0 Å². The van der Waals surface area contributed by atoms with E-state index in [1.54, 1.807) is 18.9 Å². The van der Waals surface area contributed by atoms with E-state index >= 15 is 0 Å². The average molecular weight is 214 g/mol. The van der Waals surface area contributed by atoms with Crippen molar-refractivity contribution in [3.63, 3.8) is 0 Å². The summed E-state index contributed by atoms with van der Waals surface area (Å²) in [5.74, 6) is -0.753. The summed E-state index contributed by atoms with van der Waals surface area (Å²) in [4.78, 5) is 22.4. The third kappa shape index (κ3) is 2.47. The van der Waals surface area contributed by atoms with Gasteiger partial charge in [-0.05, 0) is 20.8 Å². The van der Waals surface area contributed by atoms with E-state index < -0.39 is 11.4 Å². The lowest BCUT2D eigenvalue weighted by Crippen LogP contribution is -2.46. The number of rotatable bonds is 4. The van der Waals surface area contributed by atoms with Gasteiger partial charge in [-0.15, -0.1) is 0 Å². The maximum Gasteiger partial charge on any atom is 0.310 e. The highest BCUT2D eigenvalue weighted by atomic mass is 16.4. The van der Waals surface area contributed by atoms with Crippen LogP contribution in [0, 0.1) is 5.41 Å². The van der Waals surface area contributed by atoms with Crippen molar-refractivity contribution >= 4 is 11.9 Å². The lowest BCUT2D eigenvalue weighted by atomic mass is 9.94. The summed E-state index contributed by atoms with van der Waals surface area (Å²) < 4.78 is 0. The largest absolute Gasteiger partial charge is 0.481 e. The van der Waals surface area contributed by atoms with Crippen LogP contribution in [0.2, 0.25) is 0 Å². The van der Waals surface area contributed by atoms with Gasteiger partial charge < -0.3 is 5.11 Å². The van der Waals surface area contributed by atoms with Crippen LogP contribution in [-0.4, -0.2) is 46.6 Å². The van der Waals surface area contributed by atoms with Crippen LogP contribution in [0.4, 0.5) is 0 Å². The highest BCUT2D eigenvalue weighted by Crippen LogP contribution is 2.21. The van der Waals surface area contributed by atoms with Gasteiger partial charge in [-0.1, -0.05) is 0 Å². The molecule has 5 nitrogen and oxygen atoms in total. The Hall–Kier alpha value is -1.10. The highest BCUT2D eigenvalue weighted by molar-refractivity contribution is 5.78. The van der Waals surface area contributed by atoms with Gasteiger partial charge in [-0.2, -0.15) is 0 Å². The molecule has 1 N–H and O–H groups in total. The molecule has 0 bridgehead atoms. The summed E-state index contributed by atoms with van der Waals surface area (Å²) in [5, 5.41) is 12.5. The van der Waals surface area contributed by atoms with Crippen LogP contribution in [0.1, 0.15) is 27.2 Å². The van der Waals surface area contributed by atoms with E-state index in [0.717, 1.165) is 0 Å². The predicted octanol–water partition coefficient (Wildman–Crippen LogP) is 0.566. The number of aliphatic carboxylic acids is 1. The summed E-state index contributed by atoms with van der Waals surface area (Å²) >= 11 is 0. The molecule has 0 spiro atoms. The standard InChI is InChI=1S/C10H18N2O3/c1-4-12-8(13)5-6-11(12)7-10(2,3)9(14)15/h4-7H2,1-3H3,(H,14,15). The first kappa shape index (κ1) is 12.0. The van der Waals surface area contributed by atoms with E-state index in [4.69, 9.17) is 5.11 Å². The number of carboxylic acids is 1. The van der Waals surface area contributed by atoms with Gasteiger partial charge in [0.2, 0.25) is 5.91 Å². The van der Waals surface area contributed by atoms with Gasteiger partial charge in [0.15, 0.2) is 0 Å². The monoisotopic (exact) mass is 214 g/mol. The lowest BCUT2D eigenvalue weighted by Gasteiger charge is -2.32. The molecular weight excluding hydrogens is 196 g/mol. The molecule has 0 aromatic heterocycles. The molecule has 0 atom stereocenters. The Morgan fingerprint density at radius 1 is 1.53 bits per heavy atom. The molecule has 1 saturated heterocycles. The van der Waals surface area contributed by atoms with Gasteiger partial charge in [0.05, 0.1) is 5.41 Å². The maximum absolute atomic E-state index is 11.4. The van der Waals surface area contributed by atoms with E-state index in [1.807, 2.05) is 11.9 Å². The van der Waals surface area contributed by atoms with Gasteiger partial charge in [0.25, 0.3) is 0 Å². The Morgan fingerprint density at radius 2 is 2.13 bits per heavy atom. The topological polar surface area (TPSA) is 60.9 Å². The maximum atomic E-state index is 11.4. The fourth-order valence-electron chi connectivity index (χ4n) is 1.70. The molecule has 1 aliphatic rings. The van der Waals surface area contributed by atoms with Crippen molar-refractivity contribution in [2.45, 2.75) is 27.2 Å². The Labute approximate surface area is 89.6 Å². The Bertz CT molecular complexity index is 276. The number of nitrogens with zero attached hydrogens (tertiary/aromatic N) is 2. The lowest BCUT2D eigenvalue weighted by molar-refractivity contribution is -0.153. The number of carboxylic acid groups (broad SMARTS) is 1. The second-order valence-electron chi connectivity index (χ2n) is 4.44. The first-order valence-electron chi connectivity index (χ1n) is 5.17. The van der Waals surface area contributed by atoms with Gasteiger partial charge in [0.1, 0.15) is 0 Å². The summed E-state index contributed by atoms with van der Waals surface area (Å²) in [6, 6.07) is 0. The molecule has 1 aliphatic heterocycles. The van der Waals surface area contributed by atoms with Crippen LogP contribution in [0.25, 0.3) is 0 Å². The van der Waals surface area contributed by atoms with Crippen LogP contribution >= 0.6 is 0 Å². The number of carbonyl (C=O) groups is 2. The molecule has 1 fully saturated rings. The van der Waals surface area contributed by atoms with Crippen molar-refractivity contribution in [3.05, 3.63) is 0 Å². The third-order valence-corrected chi connectivity index (χ3v) is 2.67. The highest BCUT2D eigenvalue weighted by Gasteiger charge is 2.35. The van der Waals surface area contributed by atoms with E-state index in [1.165, 1.54) is 0 Å². The molecule has 0 radical (unpaired) electrons. The number of amides is 1. The quantitative estimate of drug-likeness (QED) is 0.743. The summed E-state index contributed by atoms with van der Waals surface area (Å²) in [6.45, 7) is 6.85. The normalized spacial score (nSPS) is 18.6. The molecule has 0 aromatic carbocycles. The summed E-state index contributed by atoms with van der Waals surface area (Å²) in [7, 11) is 0. The molecule has 0 aromatic rings. The Balaban J connectivity index is 2.66. The molecule has 1 heterocycles. The zero-order valence-electron chi connectivity index (χ0n) is 9.49. The van der Waals surface area contributed by atoms with E-state index in [2.05, 4.69) is 0 Å². The van der Waals surface area contributed by atoms with Crippen molar-refractivity contribution in [3.8, 4) is 0 Å².